The van der Waals surface area contributed by atoms with Gasteiger partial charge in [-0.2, -0.15) is 13.2 Å². The van der Waals surface area contributed by atoms with Gasteiger partial charge in [-0.05, 0) is 0 Å². The lowest BCUT2D eigenvalue weighted by Crippen LogP contribution is -3.00. The molecule has 0 unspecified atom stereocenters. The number of rotatable bonds is 2. The number of aliphatic hydroxyl groups is 1. The maximum Gasteiger partial charge on any atom is 0.471 e. The van der Waals surface area contributed by atoms with Gasteiger partial charge < -0.3 is 27.3 Å². The minimum atomic E-state index is -4.74. The molecule has 0 fully saturated rings. The van der Waals surface area contributed by atoms with Crippen LogP contribution in [0.2, 0.25) is 0 Å². The van der Waals surface area contributed by atoms with E-state index in [4.69, 9.17) is 5.11 Å². The van der Waals surface area contributed by atoms with Crippen LogP contribution in [0.5, 0.6) is 0 Å². The summed E-state index contributed by atoms with van der Waals surface area (Å²) in [6.07, 6.45) is -4.74. The van der Waals surface area contributed by atoms with Crippen molar-refractivity contribution in [3.8, 4) is 0 Å². The molecule has 0 bridgehead atoms. The van der Waals surface area contributed by atoms with Crippen LogP contribution in [0.1, 0.15) is 0 Å². The SMILES string of the molecule is CNC(=O)C(F)(F)F.C[N+](C)(C)CCO.[Cl-]. The number of alkyl halides is 3. The first-order chi connectivity index (χ1) is 6.54. The standard InChI is InChI=1S/C5H14NO.C3H4F3NO.ClH/c1-6(2,3)4-5-7;1-7-2(8)3(4,5)6;/h7H,4-5H2,1-3H3;1H3,(H,7,8);1H/q+1;;/p-1. The molecule has 0 aliphatic heterocycles. The summed E-state index contributed by atoms with van der Waals surface area (Å²) in [5.74, 6) is -1.92. The van der Waals surface area contributed by atoms with Gasteiger partial charge in [0.05, 0.1) is 27.7 Å². The summed E-state index contributed by atoms with van der Waals surface area (Å²) in [7, 11) is 7.08. The highest BCUT2D eigenvalue weighted by molar-refractivity contribution is 5.81. The molecular weight excluding hydrogens is 249 g/mol. The van der Waals surface area contributed by atoms with Gasteiger partial charge in [-0.25, -0.2) is 0 Å². The van der Waals surface area contributed by atoms with Crippen molar-refractivity contribution < 1.29 is 40.0 Å². The van der Waals surface area contributed by atoms with Crippen LogP contribution < -0.4 is 17.7 Å². The van der Waals surface area contributed by atoms with Crippen molar-refractivity contribution in [2.24, 2.45) is 0 Å². The first kappa shape index (κ1) is 20.8. The van der Waals surface area contributed by atoms with E-state index in [2.05, 4.69) is 21.1 Å². The van der Waals surface area contributed by atoms with E-state index < -0.39 is 12.1 Å². The van der Waals surface area contributed by atoms with E-state index in [-0.39, 0.29) is 19.0 Å². The number of halogens is 4. The molecule has 2 N–H and O–H groups in total. The lowest BCUT2D eigenvalue weighted by Gasteiger charge is -2.21. The number of hydrogen-bond donors (Lipinski definition) is 2. The smallest absolute Gasteiger partial charge is 0.471 e. The minimum Gasteiger partial charge on any atom is -1.00 e. The van der Waals surface area contributed by atoms with E-state index in [0.29, 0.717) is 0 Å². The zero-order valence-electron chi connectivity index (χ0n) is 9.73. The van der Waals surface area contributed by atoms with Crippen molar-refractivity contribution in [2.45, 2.75) is 6.18 Å². The molecular formula is C8H18ClF3N2O2. The third-order valence-electron chi connectivity index (χ3n) is 1.26. The Morgan fingerprint density at radius 1 is 1.31 bits per heavy atom. The Morgan fingerprint density at radius 2 is 1.69 bits per heavy atom. The lowest BCUT2D eigenvalue weighted by atomic mass is 10.5. The molecule has 100 valence electrons. The average Bonchev–Trinajstić information content (AvgIpc) is 2.00. The fourth-order valence-electron chi connectivity index (χ4n) is 0.442. The van der Waals surface area contributed by atoms with Crippen molar-refractivity contribution in [3.63, 3.8) is 0 Å². The molecule has 0 atom stereocenters. The summed E-state index contributed by atoms with van der Waals surface area (Å²) in [6, 6.07) is 0. The normalized spacial score (nSPS) is 10.8. The fraction of sp³-hybridized carbons (Fsp3) is 0.875. The maximum absolute atomic E-state index is 11.0. The molecule has 0 saturated heterocycles. The molecule has 0 aromatic rings. The van der Waals surface area contributed by atoms with Gasteiger partial charge >= 0.3 is 12.1 Å². The van der Waals surface area contributed by atoms with Crippen LogP contribution in [0.3, 0.4) is 0 Å². The summed E-state index contributed by atoms with van der Waals surface area (Å²) >= 11 is 0. The van der Waals surface area contributed by atoms with Gasteiger partial charge in [0.25, 0.3) is 0 Å². The van der Waals surface area contributed by atoms with Crippen LogP contribution in [0.4, 0.5) is 13.2 Å². The van der Waals surface area contributed by atoms with Crippen molar-refractivity contribution in [1.29, 1.82) is 0 Å². The number of nitrogens with one attached hydrogen (secondary N) is 1. The predicted molar refractivity (Wildman–Crippen MR) is 50.1 cm³/mol. The summed E-state index contributed by atoms with van der Waals surface area (Å²) in [6.45, 7) is 1.11. The van der Waals surface area contributed by atoms with Gasteiger partial charge in [-0.15, -0.1) is 0 Å². The predicted octanol–water partition coefficient (Wildman–Crippen LogP) is -3.02. The monoisotopic (exact) mass is 266 g/mol. The molecule has 4 nitrogen and oxygen atoms in total. The number of carbonyl (C=O) groups excluding carboxylic acids is 1. The number of likely N-dealkylation sites (N-methyl/N-ethyl adjacent to an activating group) is 1. The summed E-state index contributed by atoms with van der Waals surface area (Å²) in [4.78, 5) is 9.60. The summed E-state index contributed by atoms with van der Waals surface area (Å²) in [5.41, 5.74) is 0. The first-order valence-corrected chi connectivity index (χ1v) is 4.25. The molecule has 0 aliphatic rings. The Balaban J connectivity index is -0.000000200. The highest BCUT2D eigenvalue weighted by Gasteiger charge is 2.37. The van der Waals surface area contributed by atoms with Crippen LogP contribution in [-0.2, 0) is 4.79 Å². The quantitative estimate of drug-likeness (QED) is 0.523. The fourth-order valence-corrected chi connectivity index (χ4v) is 0.442. The second-order valence-electron chi connectivity index (χ2n) is 3.81. The minimum absolute atomic E-state index is 0. The molecule has 0 heterocycles. The van der Waals surface area contributed by atoms with Crippen molar-refractivity contribution in [1.82, 2.24) is 5.32 Å². The van der Waals surface area contributed by atoms with Gasteiger partial charge in [0.2, 0.25) is 0 Å². The van der Waals surface area contributed by atoms with Crippen LogP contribution in [0.25, 0.3) is 0 Å². The first-order valence-electron chi connectivity index (χ1n) is 4.25. The molecule has 0 rings (SSSR count). The van der Waals surface area contributed by atoms with Gasteiger partial charge in [0.15, 0.2) is 0 Å². The molecule has 0 aliphatic carbocycles. The summed E-state index contributed by atoms with van der Waals surface area (Å²) < 4.78 is 34.0. The Hall–Kier alpha value is -0.530. The number of hydrogen-bond acceptors (Lipinski definition) is 2. The number of carbonyl (C=O) groups is 1. The van der Waals surface area contributed by atoms with Crippen molar-refractivity contribution in [2.75, 3.05) is 41.3 Å². The van der Waals surface area contributed by atoms with Gasteiger partial charge in [-0.1, -0.05) is 0 Å². The Morgan fingerprint density at radius 3 is 1.69 bits per heavy atom. The Bertz CT molecular complexity index is 193. The molecule has 16 heavy (non-hydrogen) atoms. The number of amides is 1. The third-order valence-corrected chi connectivity index (χ3v) is 1.26. The highest BCUT2D eigenvalue weighted by atomic mass is 35.5. The second kappa shape index (κ2) is 8.60. The van der Waals surface area contributed by atoms with Crippen molar-refractivity contribution in [3.05, 3.63) is 0 Å². The number of nitrogens with zero attached hydrogens (tertiary/aromatic N) is 1. The number of quaternary nitrogens is 1. The molecule has 0 saturated carbocycles. The van der Waals surface area contributed by atoms with Crippen molar-refractivity contribution >= 4 is 5.91 Å². The molecule has 0 spiro atoms. The second-order valence-corrected chi connectivity index (χ2v) is 3.81. The topological polar surface area (TPSA) is 49.3 Å². The van der Waals surface area contributed by atoms with Crippen LogP contribution in [0.15, 0.2) is 0 Å². The summed E-state index contributed by atoms with van der Waals surface area (Å²) in [5, 5.41) is 9.83. The Kier molecular flexibility index (Phi) is 11.2. The molecule has 8 heteroatoms. The van der Waals surface area contributed by atoms with Gasteiger partial charge in [-0.3, -0.25) is 4.79 Å². The number of aliphatic hydroxyl groups excluding tert-OH is 1. The molecule has 0 radical (unpaired) electrons. The third kappa shape index (κ3) is 15.9. The van der Waals surface area contributed by atoms with E-state index in [9.17, 15) is 18.0 Å². The van der Waals surface area contributed by atoms with E-state index in [0.717, 1.165) is 18.1 Å². The van der Waals surface area contributed by atoms with Gasteiger partial charge in [0, 0.05) is 7.05 Å². The molecule has 0 aromatic carbocycles. The van der Waals surface area contributed by atoms with E-state index in [1.807, 2.05) is 0 Å². The molecule has 0 aromatic heterocycles. The maximum atomic E-state index is 11.0. The van der Waals surface area contributed by atoms with Gasteiger partial charge in [0.1, 0.15) is 6.54 Å². The van der Waals surface area contributed by atoms with E-state index in [1.165, 1.54) is 5.32 Å². The average molecular weight is 267 g/mol. The van der Waals surface area contributed by atoms with E-state index >= 15 is 0 Å². The lowest BCUT2D eigenvalue weighted by molar-refractivity contribution is -0.870. The largest absolute Gasteiger partial charge is 1.00 e. The molecule has 1 amide bonds. The highest BCUT2D eigenvalue weighted by Crippen LogP contribution is 2.13. The van der Waals surface area contributed by atoms with E-state index in [1.54, 1.807) is 0 Å². The van der Waals surface area contributed by atoms with Crippen LogP contribution >= 0.6 is 0 Å². The zero-order chi connectivity index (χ0) is 12.7. The van der Waals surface area contributed by atoms with Crippen LogP contribution in [-0.4, -0.2) is 63.0 Å². The Labute approximate surface area is 99.4 Å². The van der Waals surface area contributed by atoms with Crippen LogP contribution in [0, 0.1) is 0 Å². The zero-order valence-corrected chi connectivity index (χ0v) is 10.5.